The Bertz CT molecular complexity index is 600. The molecule has 1 aromatic carbocycles. The van der Waals surface area contributed by atoms with Crippen LogP contribution in [0.15, 0.2) is 47.7 Å². The molecular formula is C15H17N3O2. The molecule has 104 valence electrons. The number of carbonyl (C=O) groups excluding carboxylic acids is 1. The van der Waals surface area contributed by atoms with E-state index in [0.29, 0.717) is 12.2 Å². The number of nitrogens with one attached hydrogen (secondary N) is 1. The number of amides is 1. The largest absolute Gasteiger partial charge is 0.494 e. The predicted octanol–water partition coefficient (Wildman–Crippen LogP) is 2.19. The highest BCUT2D eigenvalue weighted by Gasteiger charge is 2.04. The van der Waals surface area contributed by atoms with E-state index in [-0.39, 0.29) is 5.91 Å². The molecule has 0 saturated heterocycles. The van der Waals surface area contributed by atoms with Gasteiger partial charge < -0.3 is 9.30 Å². The first-order valence-corrected chi connectivity index (χ1v) is 6.38. The van der Waals surface area contributed by atoms with Gasteiger partial charge in [-0.1, -0.05) is 0 Å². The molecule has 5 heteroatoms. The lowest BCUT2D eigenvalue weighted by atomic mass is 10.2. The number of aryl methyl sites for hydroxylation is 1. The zero-order chi connectivity index (χ0) is 14.4. The lowest BCUT2D eigenvalue weighted by molar-refractivity contribution is 0.0955. The molecule has 5 nitrogen and oxygen atoms in total. The molecule has 0 spiro atoms. The minimum atomic E-state index is -0.251. The number of ether oxygens (including phenoxy) is 1. The Morgan fingerprint density at radius 1 is 1.35 bits per heavy atom. The van der Waals surface area contributed by atoms with Crippen molar-refractivity contribution in [2.45, 2.75) is 6.92 Å². The number of benzene rings is 1. The summed E-state index contributed by atoms with van der Waals surface area (Å²) in [6.45, 7) is 2.52. The van der Waals surface area contributed by atoms with Crippen molar-refractivity contribution in [1.29, 1.82) is 0 Å². The summed E-state index contributed by atoms with van der Waals surface area (Å²) >= 11 is 0. The molecule has 1 N–H and O–H groups in total. The van der Waals surface area contributed by atoms with Crippen LogP contribution in [0.2, 0.25) is 0 Å². The third-order valence-electron chi connectivity index (χ3n) is 2.77. The van der Waals surface area contributed by atoms with Gasteiger partial charge in [0.15, 0.2) is 0 Å². The van der Waals surface area contributed by atoms with E-state index in [1.54, 1.807) is 30.5 Å². The summed E-state index contributed by atoms with van der Waals surface area (Å²) in [6, 6.07) is 10.8. The number of hydrogen-bond donors (Lipinski definition) is 1. The van der Waals surface area contributed by atoms with Crippen molar-refractivity contribution in [3.8, 4) is 5.75 Å². The van der Waals surface area contributed by atoms with Crippen LogP contribution in [-0.4, -0.2) is 23.3 Å². The molecule has 0 unspecified atom stereocenters. The fourth-order valence-corrected chi connectivity index (χ4v) is 1.70. The average molecular weight is 271 g/mol. The summed E-state index contributed by atoms with van der Waals surface area (Å²) in [5, 5.41) is 3.93. The van der Waals surface area contributed by atoms with Crippen LogP contribution in [0.3, 0.4) is 0 Å². The second-order valence-corrected chi connectivity index (χ2v) is 4.20. The number of hydrogen-bond acceptors (Lipinski definition) is 3. The second-order valence-electron chi connectivity index (χ2n) is 4.20. The van der Waals surface area contributed by atoms with Gasteiger partial charge in [-0.2, -0.15) is 5.10 Å². The highest BCUT2D eigenvalue weighted by atomic mass is 16.5. The van der Waals surface area contributed by atoms with Crippen molar-refractivity contribution in [3.05, 3.63) is 53.9 Å². The molecule has 0 aliphatic carbocycles. The molecule has 0 radical (unpaired) electrons. The Labute approximate surface area is 117 Å². The molecule has 0 atom stereocenters. The summed E-state index contributed by atoms with van der Waals surface area (Å²) in [5.74, 6) is 0.495. The SMILES string of the molecule is CCOc1ccc(C(=O)N/N=C/c2cccn2C)cc1. The fraction of sp³-hybridized carbons (Fsp3) is 0.200. The van der Waals surface area contributed by atoms with Gasteiger partial charge in [-0.15, -0.1) is 0 Å². The van der Waals surface area contributed by atoms with Crippen LogP contribution < -0.4 is 10.2 Å². The minimum absolute atomic E-state index is 0.251. The van der Waals surface area contributed by atoms with E-state index in [2.05, 4.69) is 10.5 Å². The molecule has 1 amide bonds. The normalized spacial score (nSPS) is 10.7. The van der Waals surface area contributed by atoms with Gasteiger partial charge in [0, 0.05) is 18.8 Å². The van der Waals surface area contributed by atoms with E-state index in [9.17, 15) is 4.79 Å². The predicted molar refractivity (Wildman–Crippen MR) is 78.1 cm³/mol. The third-order valence-corrected chi connectivity index (χ3v) is 2.77. The van der Waals surface area contributed by atoms with Gasteiger partial charge in [0.2, 0.25) is 0 Å². The Morgan fingerprint density at radius 3 is 2.70 bits per heavy atom. The van der Waals surface area contributed by atoms with E-state index in [1.807, 2.05) is 36.9 Å². The van der Waals surface area contributed by atoms with Gasteiger partial charge >= 0.3 is 0 Å². The minimum Gasteiger partial charge on any atom is -0.494 e. The molecule has 1 heterocycles. The zero-order valence-corrected chi connectivity index (χ0v) is 11.5. The van der Waals surface area contributed by atoms with Crippen LogP contribution in [0.25, 0.3) is 0 Å². The van der Waals surface area contributed by atoms with E-state index in [4.69, 9.17) is 4.74 Å². The van der Waals surface area contributed by atoms with Crippen LogP contribution in [0.4, 0.5) is 0 Å². The second kappa shape index (κ2) is 6.56. The number of carbonyl (C=O) groups is 1. The molecule has 0 saturated carbocycles. The zero-order valence-electron chi connectivity index (χ0n) is 11.5. The van der Waals surface area contributed by atoms with Crippen molar-refractivity contribution in [3.63, 3.8) is 0 Å². The van der Waals surface area contributed by atoms with E-state index in [0.717, 1.165) is 11.4 Å². The van der Waals surface area contributed by atoms with E-state index < -0.39 is 0 Å². The molecule has 0 aliphatic rings. The van der Waals surface area contributed by atoms with E-state index >= 15 is 0 Å². The quantitative estimate of drug-likeness (QED) is 0.669. The highest BCUT2D eigenvalue weighted by molar-refractivity contribution is 5.94. The Balaban J connectivity index is 1.94. The van der Waals surface area contributed by atoms with Crippen molar-refractivity contribution in [1.82, 2.24) is 9.99 Å². The van der Waals surface area contributed by atoms with Gasteiger partial charge in [-0.05, 0) is 43.3 Å². The maximum atomic E-state index is 11.9. The Kier molecular flexibility index (Phi) is 4.55. The topological polar surface area (TPSA) is 55.6 Å². The summed E-state index contributed by atoms with van der Waals surface area (Å²) < 4.78 is 7.23. The van der Waals surface area contributed by atoms with Gasteiger partial charge in [-0.25, -0.2) is 5.43 Å². The molecule has 1 aromatic heterocycles. The number of nitrogens with zero attached hydrogens (tertiary/aromatic N) is 2. The van der Waals surface area contributed by atoms with Crippen molar-refractivity contribution < 1.29 is 9.53 Å². The molecule has 20 heavy (non-hydrogen) atoms. The summed E-state index contributed by atoms with van der Waals surface area (Å²) in [5.41, 5.74) is 3.95. The number of aromatic nitrogens is 1. The van der Waals surface area contributed by atoms with Crippen LogP contribution in [0.1, 0.15) is 23.0 Å². The molecule has 0 fully saturated rings. The summed E-state index contributed by atoms with van der Waals surface area (Å²) in [4.78, 5) is 11.9. The van der Waals surface area contributed by atoms with Crippen LogP contribution in [0, 0.1) is 0 Å². The Hall–Kier alpha value is -2.56. The van der Waals surface area contributed by atoms with Crippen molar-refractivity contribution >= 4 is 12.1 Å². The smallest absolute Gasteiger partial charge is 0.271 e. The van der Waals surface area contributed by atoms with Gasteiger partial charge in [0.25, 0.3) is 5.91 Å². The molecule has 2 aromatic rings. The molecule has 0 bridgehead atoms. The lowest BCUT2D eigenvalue weighted by Crippen LogP contribution is -2.17. The van der Waals surface area contributed by atoms with Gasteiger partial charge in [0.05, 0.1) is 18.5 Å². The van der Waals surface area contributed by atoms with E-state index in [1.165, 1.54) is 0 Å². The van der Waals surface area contributed by atoms with Gasteiger partial charge in [-0.3, -0.25) is 4.79 Å². The molecule has 2 rings (SSSR count). The highest BCUT2D eigenvalue weighted by Crippen LogP contribution is 2.11. The van der Waals surface area contributed by atoms with Crippen molar-refractivity contribution in [2.24, 2.45) is 12.1 Å². The first-order valence-electron chi connectivity index (χ1n) is 6.38. The third kappa shape index (κ3) is 3.47. The average Bonchev–Trinajstić information content (AvgIpc) is 2.85. The number of hydrazone groups is 1. The maximum absolute atomic E-state index is 11.9. The van der Waals surface area contributed by atoms with Crippen LogP contribution in [0.5, 0.6) is 5.75 Å². The summed E-state index contributed by atoms with van der Waals surface area (Å²) in [7, 11) is 1.91. The molecule has 0 aliphatic heterocycles. The van der Waals surface area contributed by atoms with Crippen LogP contribution in [-0.2, 0) is 7.05 Å². The standard InChI is InChI=1S/C15H17N3O2/c1-3-20-14-8-6-12(7-9-14)15(19)17-16-11-13-5-4-10-18(13)2/h4-11H,3H2,1-2H3,(H,17,19)/b16-11+. The number of rotatable bonds is 5. The monoisotopic (exact) mass is 271 g/mol. The summed E-state index contributed by atoms with van der Waals surface area (Å²) in [6.07, 6.45) is 3.52. The maximum Gasteiger partial charge on any atom is 0.271 e. The van der Waals surface area contributed by atoms with Gasteiger partial charge in [0.1, 0.15) is 5.75 Å². The molecular weight excluding hydrogens is 254 g/mol. The first-order chi connectivity index (χ1) is 9.70. The van der Waals surface area contributed by atoms with Crippen LogP contribution >= 0.6 is 0 Å². The van der Waals surface area contributed by atoms with Crippen molar-refractivity contribution in [2.75, 3.05) is 6.61 Å². The fourth-order valence-electron chi connectivity index (χ4n) is 1.70. The Morgan fingerprint density at radius 2 is 2.10 bits per heavy atom. The first kappa shape index (κ1) is 13.9. The lowest BCUT2D eigenvalue weighted by Gasteiger charge is -2.04.